The number of aromatic hydroxyl groups is 1. The van der Waals surface area contributed by atoms with E-state index in [0.29, 0.717) is 16.3 Å². The van der Waals surface area contributed by atoms with Crippen LogP contribution in [0.1, 0.15) is 28.4 Å². The average Bonchev–Trinajstić information content (AvgIpc) is 2.67. The predicted molar refractivity (Wildman–Crippen MR) is 105 cm³/mol. The number of carbonyl (C=O) groups is 2. The van der Waals surface area contributed by atoms with Crippen molar-refractivity contribution in [3.8, 4) is 5.75 Å². The van der Waals surface area contributed by atoms with Crippen LogP contribution in [0.25, 0.3) is 4.85 Å². The van der Waals surface area contributed by atoms with E-state index in [9.17, 15) is 19.8 Å². The molecule has 0 aliphatic carbocycles. The molecule has 2 atom stereocenters. The number of carbonyl (C=O) groups excluding carboxylic acids is 2. The zero-order valence-electron chi connectivity index (χ0n) is 15.4. The maximum atomic E-state index is 12.5. The number of hydrazine groups is 1. The molecule has 2 aromatic carbocycles. The first-order valence-corrected chi connectivity index (χ1v) is 8.85. The van der Waals surface area contributed by atoms with Crippen LogP contribution in [0, 0.1) is 19.4 Å². The van der Waals surface area contributed by atoms with Crippen molar-refractivity contribution in [1.29, 1.82) is 0 Å². The van der Waals surface area contributed by atoms with Gasteiger partial charge in [0.25, 0.3) is 5.91 Å². The number of benzene rings is 2. The fraction of sp³-hybridized carbons (Fsp3) is 0.250. The maximum absolute atomic E-state index is 12.5. The largest absolute Gasteiger partial charge is 0.508 e. The second kappa shape index (κ2) is 9.22. The van der Waals surface area contributed by atoms with Crippen molar-refractivity contribution in [2.45, 2.75) is 26.4 Å². The van der Waals surface area contributed by atoms with Crippen LogP contribution in [0.3, 0.4) is 0 Å². The summed E-state index contributed by atoms with van der Waals surface area (Å²) in [7, 11) is 0. The van der Waals surface area contributed by atoms with E-state index >= 15 is 0 Å². The fourth-order valence-electron chi connectivity index (χ4n) is 2.63. The number of hydrogen-bond donors (Lipinski definition) is 4. The summed E-state index contributed by atoms with van der Waals surface area (Å²) in [5.41, 5.74) is 6.57. The van der Waals surface area contributed by atoms with Crippen molar-refractivity contribution in [3.05, 3.63) is 69.5 Å². The summed E-state index contributed by atoms with van der Waals surface area (Å²) in [6.07, 6.45) is -0.799. The zero-order valence-corrected chi connectivity index (χ0v) is 16.1. The lowest BCUT2D eigenvalue weighted by Crippen LogP contribution is -2.47. The van der Waals surface area contributed by atoms with E-state index in [4.69, 9.17) is 18.2 Å². The Labute approximate surface area is 167 Å². The first kappa shape index (κ1) is 21.2. The molecule has 0 fully saturated rings. The Morgan fingerprint density at radius 1 is 1.18 bits per heavy atom. The molecule has 4 N–H and O–H groups in total. The number of nitrogens with zero attached hydrogens (tertiary/aromatic N) is 1. The van der Waals surface area contributed by atoms with Crippen LogP contribution in [-0.2, 0) is 11.2 Å². The quantitative estimate of drug-likeness (QED) is 0.457. The molecule has 0 aromatic heterocycles. The van der Waals surface area contributed by atoms with Crippen molar-refractivity contribution in [2.24, 2.45) is 5.92 Å². The minimum absolute atomic E-state index is 0.0213. The summed E-state index contributed by atoms with van der Waals surface area (Å²) in [6, 6.07) is 8.80. The third-order valence-corrected chi connectivity index (χ3v) is 4.86. The van der Waals surface area contributed by atoms with Crippen molar-refractivity contribution in [2.75, 3.05) is 0 Å². The monoisotopic (exact) mass is 401 g/mol. The van der Waals surface area contributed by atoms with E-state index in [1.807, 2.05) is 0 Å². The summed E-state index contributed by atoms with van der Waals surface area (Å²) in [6.45, 7) is 10.3. The fourth-order valence-corrected chi connectivity index (χ4v) is 2.86. The van der Waals surface area contributed by atoms with Crippen LogP contribution in [-0.4, -0.2) is 28.1 Å². The van der Waals surface area contributed by atoms with E-state index in [1.165, 1.54) is 31.2 Å². The lowest BCUT2D eigenvalue weighted by molar-refractivity contribution is -0.128. The molecule has 0 spiro atoms. The molecule has 28 heavy (non-hydrogen) atoms. The van der Waals surface area contributed by atoms with E-state index in [1.54, 1.807) is 19.1 Å². The Balaban J connectivity index is 2.08. The summed E-state index contributed by atoms with van der Waals surface area (Å²) >= 11 is 6.17. The lowest BCUT2D eigenvalue weighted by atomic mass is 9.91. The number of hydrogen-bond acceptors (Lipinski definition) is 4. The van der Waals surface area contributed by atoms with Gasteiger partial charge in [-0.05, 0) is 55.7 Å². The minimum atomic E-state index is -0.982. The van der Waals surface area contributed by atoms with Gasteiger partial charge < -0.3 is 10.2 Å². The molecule has 2 amide bonds. The average molecular weight is 402 g/mol. The highest BCUT2D eigenvalue weighted by Gasteiger charge is 2.26. The molecule has 0 aliphatic heterocycles. The molecule has 0 saturated heterocycles. The molecule has 7 nitrogen and oxygen atoms in total. The number of halogens is 1. The Bertz CT molecular complexity index is 920. The van der Waals surface area contributed by atoms with Crippen molar-refractivity contribution in [3.63, 3.8) is 0 Å². The highest BCUT2D eigenvalue weighted by atomic mass is 35.5. The number of phenols is 1. The maximum Gasteiger partial charge on any atom is 0.269 e. The predicted octanol–water partition coefficient (Wildman–Crippen LogP) is 2.91. The molecular formula is C20H20ClN3O4. The summed E-state index contributed by atoms with van der Waals surface area (Å²) in [5, 5.41) is 19.6. The first-order valence-electron chi connectivity index (χ1n) is 8.47. The van der Waals surface area contributed by atoms with Crippen molar-refractivity contribution in [1.82, 2.24) is 10.9 Å². The Hall–Kier alpha value is -3.08. The topological polar surface area (TPSA) is 103 Å². The van der Waals surface area contributed by atoms with Gasteiger partial charge in [0.1, 0.15) is 5.75 Å². The molecule has 2 rings (SSSR count). The van der Waals surface area contributed by atoms with Crippen molar-refractivity contribution < 1.29 is 19.8 Å². The van der Waals surface area contributed by atoms with E-state index in [2.05, 4.69) is 15.7 Å². The van der Waals surface area contributed by atoms with Gasteiger partial charge in [-0.3, -0.25) is 20.4 Å². The SMILES string of the molecule is [C-]#[N+]c1ccc(C[C@@H](C(=O)NNC(=O)c2ccc(O)cc2)[C@H](C)O)c(C)c1Cl. The number of aliphatic hydroxyl groups is 1. The van der Waals surface area contributed by atoms with Gasteiger partial charge in [0.2, 0.25) is 11.6 Å². The third-order valence-electron chi connectivity index (χ3n) is 4.39. The first-order chi connectivity index (χ1) is 13.2. The normalized spacial score (nSPS) is 12.5. The molecule has 2 aromatic rings. The highest BCUT2D eigenvalue weighted by Crippen LogP contribution is 2.31. The number of phenolic OH excluding ortho intramolecular Hbond substituents is 1. The van der Waals surface area contributed by atoms with E-state index in [-0.39, 0.29) is 17.7 Å². The number of amides is 2. The second-order valence-corrected chi connectivity index (χ2v) is 6.71. The molecule has 0 aliphatic rings. The molecule has 0 bridgehead atoms. The second-order valence-electron chi connectivity index (χ2n) is 6.34. The molecule has 0 heterocycles. The molecule has 146 valence electrons. The Kier molecular flexibility index (Phi) is 6.99. The van der Waals surface area contributed by atoms with Crippen LogP contribution >= 0.6 is 11.6 Å². The smallest absolute Gasteiger partial charge is 0.269 e. The third kappa shape index (κ3) is 5.00. The molecular weight excluding hydrogens is 382 g/mol. The number of aliphatic hydroxyl groups excluding tert-OH is 1. The van der Waals surface area contributed by atoms with E-state index in [0.717, 1.165) is 5.56 Å². The number of rotatable bonds is 5. The molecule has 8 heteroatoms. The summed E-state index contributed by atoms with van der Waals surface area (Å²) in [5.74, 6) is -1.94. The standard InChI is InChI=1S/C20H20ClN3O4/c1-11-14(6-9-17(22-3)18(11)21)10-16(12(2)25)20(28)24-23-19(27)13-4-7-15(26)8-5-13/h4-9,12,16,25-26H,10H2,1-2H3,(H,23,27)(H,24,28)/t12-,16+/m0/s1. The molecule has 0 saturated carbocycles. The molecule has 0 radical (unpaired) electrons. The van der Waals surface area contributed by atoms with Crippen LogP contribution in [0.4, 0.5) is 5.69 Å². The van der Waals surface area contributed by atoms with Gasteiger partial charge >= 0.3 is 0 Å². The van der Waals surface area contributed by atoms with E-state index < -0.39 is 23.8 Å². The van der Waals surface area contributed by atoms with Gasteiger partial charge in [-0.2, -0.15) is 0 Å². The number of nitrogens with one attached hydrogen (secondary N) is 2. The zero-order chi connectivity index (χ0) is 20.8. The van der Waals surface area contributed by atoms with Gasteiger partial charge in [-0.15, -0.1) is 0 Å². The van der Waals surface area contributed by atoms with Crippen LogP contribution in [0.5, 0.6) is 5.75 Å². The van der Waals surface area contributed by atoms with Crippen LogP contribution in [0.15, 0.2) is 36.4 Å². The van der Waals surface area contributed by atoms with Gasteiger partial charge in [-0.25, -0.2) is 4.85 Å². The van der Waals surface area contributed by atoms with Crippen LogP contribution < -0.4 is 10.9 Å². The van der Waals surface area contributed by atoms with Gasteiger partial charge in [-0.1, -0.05) is 23.7 Å². The summed E-state index contributed by atoms with van der Waals surface area (Å²) in [4.78, 5) is 27.9. The highest BCUT2D eigenvalue weighted by molar-refractivity contribution is 6.34. The summed E-state index contributed by atoms with van der Waals surface area (Å²) < 4.78 is 0. The molecule has 0 unspecified atom stereocenters. The minimum Gasteiger partial charge on any atom is -0.508 e. The van der Waals surface area contributed by atoms with Gasteiger partial charge in [0, 0.05) is 5.56 Å². The van der Waals surface area contributed by atoms with Crippen molar-refractivity contribution >= 4 is 29.1 Å². The Morgan fingerprint density at radius 2 is 1.82 bits per heavy atom. The van der Waals surface area contributed by atoms with Crippen LogP contribution in [0.2, 0.25) is 5.02 Å². The lowest BCUT2D eigenvalue weighted by Gasteiger charge is -2.21. The van der Waals surface area contributed by atoms with Gasteiger partial charge in [0.15, 0.2) is 0 Å². The van der Waals surface area contributed by atoms with Gasteiger partial charge in [0.05, 0.1) is 23.6 Å². The Morgan fingerprint density at radius 3 is 2.39 bits per heavy atom.